The van der Waals surface area contributed by atoms with Crippen LogP contribution >= 0.6 is 0 Å². The highest BCUT2D eigenvalue weighted by Gasteiger charge is 2.50. The van der Waals surface area contributed by atoms with Crippen molar-refractivity contribution < 1.29 is 38.4 Å². The molecule has 1 aliphatic rings. The molecule has 8 nitrogen and oxygen atoms in total. The Morgan fingerprint density at radius 1 is 1.00 bits per heavy atom. The Morgan fingerprint density at radius 3 is 1.90 bits per heavy atom. The van der Waals surface area contributed by atoms with Gasteiger partial charge >= 0.3 is 17.9 Å². The molecule has 0 aromatic heterocycles. The van der Waals surface area contributed by atoms with E-state index in [0.29, 0.717) is 0 Å². The number of rotatable bonds is 3. The van der Waals surface area contributed by atoms with Gasteiger partial charge in [-0.15, -0.1) is 6.42 Å². The minimum Gasteiger partial charge on any atom is -0.455 e. The number of aliphatic hydroxyl groups is 1. The molecule has 1 rings (SSSR count). The molecule has 0 amide bonds. The predicted molar refractivity (Wildman–Crippen MR) is 66.4 cm³/mol. The summed E-state index contributed by atoms with van der Waals surface area (Å²) in [5.41, 5.74) is 0. The van der Waals surface area contributed by atoms with E-state index in [-0.39, 0.29) is 0 Å². The summed E-state index contributed by atoms with van der Waals surface area (Å²) in [4.78, 5) is 33.2. The van der Waals surface area contributed by atoms with Crippen LogP contribution in [0.2, 0.25) is 0 Å². The third-order valence-electron chi connectivity index (χ3n) is 2.57. The first-order valence-electron chi connectivity index (χ1n) is 6.07. The van der Waals surface area contributed by atoms with Crippen LogP contribution in [0.15, 0.2) is 0 Å². The first-order valence-corrected chi connectivity index (χ1v) is 6.07. The van der Waals surface area contributed by atoms with Gasteiger partial charge in [-0.1, -0.05) is 5.92 Å². The topological polar surface area (TPSA) is 108 Å². The summed E-state index contributed by atoms with van der Waals surface area (Å²) in [5, 5.41) is 10.1. The number of terminal acetylenes is 1. The zero-order valence-corrected chi connectivity index (χ0v) is 11.8. The SMILES string of the molecule is C#CC1OC(OC(C)=O)[C@@H](O)[C@H](OC(C)=O)[C@@H]1OC(C)=O. The van der Waals surface area contributed by atoms with Gasteiger partial charge in [-0.05, 0) is 0 Å². The maximum absolute atomic E-state index is 11.1. The molecule has 1 fully saturated rings. The minimum atomic E-state index is -1.55. The van der Waals surface area contributed by atoms with Gasteiger partial charge < -0.3 is 24.1 Å². The Hall–Kier alpha value is -2.11. The number of carbonyl (C=O) groups excluding carboxylic acids is 3. The maximum Gasteiger partial charge on any atom is 0.305 e. The number of hydrogen-bond acceptors (Lipinski definition) is 8. The van der Waals surface area contributed by atoms with Crippen molar-refractivity contribution in [2.75, 3.05) is 0 Å². The maximum atomic E-state index is 11.1. The quantitative estimate of drug-likeness (QED) is 0.407. The van der Waals surface area contributed by atoms with Gasteiger partial charge in [0.15, 0.2) is 24.4 Å². The molecule has 2 unspecified atom stereocenters. The molecule has 0 aromatic carbocycles. The van der Waals surface area contributed by atoms with Crippen molar-refractivity contribution in [2.45, 2.75) is 51.5 Å². The lowest BCUT2D eigenvalue weighted by Gasteiger charge is -2.40. The Bertz CT molecular complexity index is 465. The number of esters is 3. The van der Waals surface area contributed by atoms with Crippen LogP contribution < -0.4 is 0 Å². The lowest BCUT2D eigenvalue weighted by atomic mass is 9.98. The van der Waals surface area contributed by atoms with Crippen LogP contribution in [0.4, 0.5) is 0 Å². The van der Waals surface area contributed by atoms with E-state index in [0.717, 1.165) is 20.8 Å². The molecule has 0 bridgehead atoms. The molecule has 8 heteroatoms. The van der Waals surface area contributed by atoms with Gasteiger partial charge in [0.2, 0.25) is 6.29 Å². The van der Waals surface area contributed by atoms with Gasteiger partial charge in [0.1, 0.15) is 0 Å². The molecule has 1 N–H and O–H groups in total. The Kier molecular flexibility index (Phi) is 5.69. The van der Waals surface area contributed by atoms with Crippen molar-refractivity contribution in [1.82, 2.24) is 0 Å². The summed E-state index contributed by atoms with van der Waals surface area (Å²) < 4.78 is 19.8. The summed E-state index contributed by atoms with van der Waals surface area (Å²) in [6.07, 6.45) is -1.38. The minimum absolute atomic E-state index is 0.695. The molecule has 0 aliphatic carbocycles. The van der Waals surface area contributed by atoms with Crippen LogP contribution in [-0.2, 0) is 33.3 Å². The van der Waals surface area contributed by atoms with Crippen molar-refractivity contribution in [1.29, 1.82) is 0 Å². The molecule has 21 heavy (non-hydrogen) atoms. The van der Waals surface area contributed by atoms with Crippen LogP contribution in [0.5, 0.6) is 0 Å². The molecule has 0 saturated carbocycles. The van der Waals surface area contributed by atoms with Gasteiger partial charge in [0.25, 0.3) is 0 Å². The van der Waals surface area contributed by atoms with E-state index in [4.69, 9.17) is 25.4 Å². The summed E-state index contributed by atoms with van der Waals surface area (Å²) >= 11 is 0. The first-order chi connectivity index (χ1) is 9.76. The van der Waals surface area contributed by atoms with E-state index >= 15 is 0 Å². The van der Waals surface area contributed by atoms with Gasteiger partial charge in [0, 0.05) is 20.8 Å². The van der Waals surface area contributed by atoms with Crippen LogP contribution in [0.25, 0.3) is 0 Å². The summed E-state index contributed by atoms with van der Waals surface area (Å²) in [5.74, 6) is 0.0515. The fraction of sp³-hybridized carbons (Fsp3) is 0.615. The lowest BCUT2D eigenvalue weighted by molar-refractivity contribution is -0.282. The Labute approximate surface area is 121 Å². The van der Waals surface area contributed by atoms with E-state index in [1.54, 1.807) is 0 Å². The molecular weight excluding hydrogens is 284 g/mol. The average Bonchev–Trinajstić information content (AvgIpc) is 2.35. The van der Waals surface area contributed by atoms with Crippen LogP contribution in [0.1, 0.15) is 20.8 Å². The van der Waals surface area contributed by atoms with Gasteiger partial charge in [-0.2, -0.15) is 0 Å². The number of aliphatic hydroxyl groups excluding tert-OH is 1. The third-order valence-corrected chi connectivity index (χ3v) is 2.57. The smallest absolute Gasteiger partial charge is 0.305 e. The second kappa shape index (κ2) is 7.06. The predicted octanol–water partition coefficient (Wildman–Crippen LogP) is -0.868. The molecule has 0 radical (unpaired) electrons. The summed E-state index contributed by atoms with van der Waals surface area (Å²) in [6, 6.07) is 0. The molecule has 1 heterocycles. The highest BCUT2D eigenvalue weighted by molar-refractivity contribution is 5.68. The standard InChI is InChI=1S/C13H16O8/c1-5-9-11(18-6(2)14)12(19-7(3)15)10(17)13(21-9)20-8(4)16/h1,9-13,17H,2-4H3/t9?,10-,11+,12-,13?/m0/s1. The van der Waals surface area contributed by atoms with Crippen molar-refractivity contribution in [2.24, 2.45) is 0 Å². The number of carbonyl (C=O) groups is 3. The molecule has 5 atom stereocenters. The highest BCUT2D eigenvalue weighted by atomic mass is 16.7. The molecule has 116 valence electrons. The molecule has 0 spiro atoms. The zero-order chi connectivity index (χ0) is 16.2. The third kappa shape index (κ3) is 4.44. The second-order valence-electron chi connectivity index (χ2n) is 4.34. The molecular formula is C13H16O8. The lowest BCUT2D eigenvalue weighted by Crippen LogP contribution is -2.60. The average molecular weight is 300 g/mol. The van der Waals surface area contributed by atoms with Crippen molar-refractivity contribution in [3.05, 3.63) is 0 Å². The van der Waals surface area contributed by atoms with E-state index in [1.165, 1.54) is 0 Å². The van der Waals surface area contributed by atoms with Gasteiger partial charge in [0.05, 0.1) is 0 Å². The fourth-order valence-corrected chi connectivity index (χ4v) is 1.87. The number of ether oxygens (including phenoxy) is 4. The van der Waals surface area contributed by atoms with Gasteiger partial charge in [-0.3, -0.25) is 14.4 Å². The fourth-order valence-electron chi connectivity index (χ4n) is 1.87. The Morgan fingerprint density at radius 2 is 1.48 bits per heavy atom. The molecule has 1 saturated heterocycles. The monoisotopic (exact) mass is 300 g/mol. The summed E-state index contributed by atoms with van der Waals surface area (Å²) in [7, 11) is 0. The highest BCUT2D eigenvalue weighted by Crippen LogP contribution is 2.26. The molecule has 0 aromatic rings. The van der Waals surface area contributed by atoms with Crippen molar-refractivity contribution in [3.63, 3.8) is 0 Å². The van der Waals surface area contributed by atoms with Crippen LogP contribution in [0, 0.1) is 12.3 Å². The van der Waals surface area contributed by atoms with Crippen LogP contribution in [0.3, 0.4) is 0 Å². The second-order valence-corrected chi connectivity index (χ2v) is 4.34. The van der Waals surface area contributed by atoms with Crippen molar-refractivity contribution >= 4 is 17.9 Å². The van der Waals surface area contributed by atoms with Gasteiger partial charge in [-0.25, -0.2) is 0 Å². The van der Waals surface area contributed by atoms with E-state index < -0.39 is 48.6 Å². The van der Waals surface area contributed by atoms with E-state index in [1.807, 2.05) is 0 Å². The van der Waals surface area contributed by atoms with E-state index in [2.05, 4.69) is 5.92 Å². The first kappa shape index (κ1) is 16.9. The normalized spacial score (nSPS) is 31.7. The largest absolute Gasteiger partial charge is 0.455 e. The van der Waals surface area contributed by atoms with E-state index in [9.17, 15) is 19.5 Å². The summed E-state index contributed by atoms with van der Waals surface area (Å²) in [6.45, 7) is 3.35. The van der Waals surface area contributed by atoms with Crippen LogP contribution in [-0.4, -0.2) is 53.7 Å². The van der Waals surface area contributed by atoms with Crippen molar-refractivity contribution in [3.8, 4) is 12.3 Å². The molecule has 1 aliphatic heterocycles. The number of hydrogen-bond donors (Lipinski definition) is 1. The Balaban J connectivity index is 3.05. The zero-order valence-electron chi connectivity index (χ0n) is 11.8.